The lowest BCUT2D eigenvalue weighted by Gasteiger charge is -2.20. The standard InChI is InChI=1S/C25H28N2O2/c1-4-19-12-8-9-18(2)24(19)27-23(28)17-26-25(20-10-6-5-7-11-20)21-13-15-22(29-3)16-14-21/h5-16,25-26H,4,17H2,1-3H3,(H,27,28)/t25-/m0/s1. The van der Waals surface area contributed by atoms with E-state index in [-0.39, 0.29) is 18.5 Å². The van der Waals surface area contributed by atoms with Crippen molar-refractivity contribution in [1.82, 2.24) is 5.32 Å². The second-order valence-electron chi connectivity index (χ2n) is 7.01. The number of carbonyl (C=O) groups excluding carboxylic acids is 1. The fraction of sp³-hybridized carbons (Fsp3) is 0.240. The van der Waals surface area contributed by atoms with Crippen molar-refractivity contribution < 1.29 is 9.53 Å². The van der Waals surface area contributed by atoms with Crippen molar-refractivity contribution in [3.8, 4) is 5.75 Å². The molecule has 0 aliphatic heterocycles. The molecule has 2 N–H and O–H groups in total. The highest BCUT2D eigenvalue weighted by atomic mass is 16.5. The van der Waals surface area contributed by atoms with Crippen LogP contribution < -0.4 is 15.4 Å². The van der Waals surface area contributed by atoms with Gasteiger partial charge in [0.25, 0.3) is 0 Å². The Morgan fingerprint density at radius 1 is 0.931 bits per heavy atom. The number of aryl methyl sites for hydroxylation is 2. The van der Waals surface area contributed by atoms with Crippen molar-refractivity contribution in [3.63, 3.8) is 0 Å². The molecule has 0 spiro atoms. The number of hydrogen-bond donors (Lipinski definition) is 2. The first-order valence-corrected chi connectivity index (χ1v) is 9.93. The summed E-state index contributed by atoms with van der Waals surface area (Å²) >= 11 is 0. The van der Waals surface area contributed by atoms with Crippen molar-refractivity contribution in [2.45, 2.75) is 26.3 Å². The van der Waals surface area contributed by atoms with Gasteiger partial charge in [-0.25, -0.2) is 0 Å². The van der Waals surface area contributed by atoms with Gasteiger partial charge in [0.2, 0.25) is 5.91 Å². The first-order chi connectivity index (χ1) is 14.1. The summed E-state index contributed by atoms with van der Waals surface area (Å²) in [5.41, 5.74) is 5.33. The Hall–Kier alpha value is -3.11. The molecule has 0 fully saturated rings. The minimum Gasteiger partial charge on any atom is -0.497 e. The molecule has 0 aliphatic rings. The van der Waals surface area contributed by atoms with Gasteiger partial charge in [-0.2, -0.15) is 0 Å². The molecule has 1 amide bonds. The van der Waals surface area contributed by atoms with E-state index in [1.54, 1.807) is 7.11 Å². The van der Waals surface area contributed by atoms with Gasteiger partial charge in [-0.05, 0) is 47.7 Å². The van der Waals surface area contributed by atoms with Crippen molar-refractivity contribution >= 4 is 11.6 Å². The highest BCUT2D eigenvalue weighted by Crippen LogP contribution is 2.24. The molecule has 0 bridgehead atoms. The zero-order chi connectivity index (χ0) is 20.6. The van der Waals surface area contributed by atoms with Crippen molar-refractivity contribution in [3.05, 3.63) is 95.1 Å². The van der Waals surface area contributed by atoms with Crippen LogP contribution in [0.1, 0.15) is 35.2 Å². The monoisotopic (exact) mass is 388 g/mol. The van der Waals surface area contributed by atoms with Crippen LogP contribution in [0.15, 0.2) is 72.8 Å². The SMILES string of the molecule is CCc1cccc(C)c1NC(=O)CN[C@@H](c1ccccc1)c1ccc(OC)cc1. The fourth-order valence-corrected chi connectivity index (χ4v) is 3.45. The van der Waals surface area contributed by atoms with E-state index in [1.807, 2.05) is 61.5 Å². The average Bonchev–Trinajstić information content (AvgIpc) is 2.76. The predicted molar refractivity (Wildman–Crippen MR) is 118 cm³/mol. The van der Waals surface area contributed by atoms with Crippen LogP contribution >= 0.6 is 0 Å². The van der Waals surface area contributed by atoms with Gasteiger partial charge < -0.3 is 10.1 Å². The van der Waals surface area contributed by atoms with Crippen LogP contribution in [0, 0.1) is 6.92 Å². The van der Waals surface area contributed by atoms with E-state index in [0.29, 0.717) is 0 Å². The molecule has 1 atom stereocenters. The molecule has 3 rings (SSSR count). The van der Waals surface area contributed by atoms with Gasteiger partial charge in [0.05, 0.1) is 19.7 Å². The zero-order valence-electron chi connectivity index (χ0n) is 17.2. The summed E-state index contributed by atoms with van der Waals surface area (Å²) in [5, 5.41) is 6.50. The molecule has 4 nitrogen and oxygen atoms in total. The minimum atomic E-state index is -0.0876. The number of hydrogen-bond acceptors (Lipinski definition) is 3. The third-order valence-electron chi connectivity index (χ3n) is 5.05. The van der Waals surface area contributed by atoms with Gasteiger partial charge >= 0.3 is 0 Å². The summed E-state index contributed by atoms with van der Waals surface area (Å²) in [6.07, 6.45) is 0.878. The van der Waals surface area contributed by atoms with E-state index < -0.39 is 0 Å². The van der Waals surface area contributed by atoms with Crippen LogP contribution in [0.25, 0.3) is 0 Å². The van der Waals surface area contributed by atoms with Gasteiger partial charge in [-0.3, -0.25) is 10.1 Å². The maximum absolute atomic E-state index is 12.7. The number of rotatable bonds is 8. The van der Waals surface area contributed by atoms with Crippen LogP contribution in [0.5, 0.6) is 5.75 Å². The van der Waals surface area contributed by atoms with Crippen LogP contribution in [0.2, 0.25) is 0 Å². The summed E-state index contributed by atoms with van der Waals surface area (Å²) in [5.74, 6) is 0.758. The first kappa shape index (κ1) is 20.6. The smallest absolute Gasteiger partial charge is 0.238 e. The van der Waals surface area contributed by atoms with Gasteiger partial charge in [0.15, 0.2) is 0 Å². The summed E-state index contributed by atoms with van der Waals surface area (Å²) in [6.45, 7) is 4.33. The molecule has 0 aromatic heterocycles. The van der Waals surface area contributed by atoms with Gasteiger partial charge in [-0.1, -0.05) is 67.6 Å². The van der Waals surface area contributed by atoms with Gasteiger partial charge in [-0.15, -0.1) is 0 Å². The summed E-state index contributed by atoms with van der Waals surface area (Å²) < 4.78 is 5.27. The number of ether oxygens (including phenoxy) is 1. The predicted octanol–water partition coefficient (Wildman–Crippen LogP) is 4.88. The number of amides is 1. The molecule has 150 valence electrons. The van der Waals surface area contributed by atoms with E-state index in [1.165, 1.54) is 0 Å². The summed E-state index contributed by atoms with van der Waals surface area (Å²) in [7, 11) is 1.66. The normalized spacial score (nSPS) is 11.7. The average molecular weight is 389 g/mol. The molecule has 3 aromatic rings. The molecule has 4 heteroatoms. The summed E-state index contributed by atoms with van der Waals surface area (Å²) in [6, 6.07) is 24.1. The van der Waals surface area contributed by atoms with E-state index in [0.717, 1.165) is 40.1 Å². The lowest BCUT2D eigenvalue weighted by atomic mass is 9.98. The van der Waals surface area contributed by atoms with Crippen LogP contribution in [-0.2, 0) is 11.2 Å². The van der Waals surface area contributed by atoms with Crippen LogP contribution in [0.3, 0.4) is 0 Å². The lowest BCUT2D eigenvalue weighted by Crippen LogP contribution is -2.32. The van der Waals surface area contributed by atoms with Gasteiger partial charge in [0.1, 0.15) is 5.75 Å². The Morgan fingerprint density at radius 2 is 1.62 bits per heavy atom. The van der Waals surface area contributed by atoms with Crippen molar-refractivity contribution in [2.24, 2.45) is 0 Å². The first-order valence-electron chi connectivity index (χ1n) is 9.93. The Balaban J connectivity index is 1.76. The number of anilines is 1. The molecular weight excluding hydrogens is 360 g/mol. The second kappa shape index (κ2) is 9.89. The molecule has 0 aliphatic carbocycles. The number of benzene rings is 3. The molecule has 29 heavy (non-hydrogen) atoms. The number of para-hydroxylation sites is 1. The molecule has 3 aromatic carbocycles. The van der Waals surface area contributed by atoms with Gasteiger partial charge in [0, 0.05) is 5.69 Å². The molecule has 0 unspecified atom stereocenters. The maximum atomic E-state index is 12.7. The van der Waals surface area contributed by atoms with E-state index in [4.69, 9.17) is 4.74 Å². The lowest BCUT2D eigenvalue weighted by molar-refractivity contribution is -0.115. The highest BCUT2D eigenvalue weighted by molar-refractivity contribution is 5.93. The number of carbonyl (C=O) groups is 1. The minimum absolute atomic E-state index is 0.0524. The van der Waals surface area contributed by atoms with Crippen LogP contribution in [0.4, 0.5) is 5.69 Å². The molecule has 0 radical (unpaired) electrons. The Kier molecular flexibility index (Phi) is 7.04. The maximum Gasteiger partial charge on any atom is 0.238 e. The highest BCUT2D eigenvalue weighted by Gasteiger charge is 2.16. The third kappa shape index (κ3) is 5.24. The van der Waals surface area contributed by atoms with Crippen molar-refractivity contribution in [2.75, 3.05) is 19.0 Å². The second-order valence-corrected chi connectivity index (χ2v) is 7.01. The zero-order valence-corrected chi connectivity index (χ0v) is 17.2. The van der Waals surface area contributed by atoms with E-state index >= 15 is 0 Å². The van der Waals surface area contributed by atoms with E-state index in [9.17, 15) is 4.79 Å². The van der Waals surface area contributed by atoms with Crippen molar-refractivity contribution in [1.29, 1.82) is 0 Å². The molecular formula is C25H28N2O2. The Morgan fingerprint density at radius 3 is 2.28 bits per heavy atom. The summed E-state index contributed by atoms with van der Waals surface area (Å²) in [4.78, 5) is 12.7. The molecule has 0 saturated heterocycles. The topological polar surface area (TPSA) is 50.4 Å². The molecule has 0 saturated carbocycles. The largest absolute Gasteiger partial charge is 0.497 e. The Labute approximate surface area is 172 Å². The quantitative estimate of drug-likeness (QED) is 0.578. The van der Waals surface area contributed by atoms with Crippen LogP contribution in [-0.4, -0.2) is 19.6 Å². The van der Waals surface area contributed by atoms with E-state index in [2.05, 4.69) is 35.8 Å². The third-order valence-corrected chi connectivity index (χ3v) is 5.05. The molecule has 0 heterocycles. The number of methoxy groups -OCH3 is 1. The Bertz CT molecular complexity index is 937. The fourth-order valence-electron chi connectivity index (χ4n) is 3.45. The number of nitrogens with one attached hydrogen (secondary N) is 2.